The number of anilines is 1. The van der Waals surface area contributed by atoms with Crippen LogP contribution in [0.25, 0.3) is 0 Å². The van der Waals surface area contributed by atoms with Gasteiger partial charge in [-0.25, -0.2) is 0 Å². The van der Waals surface area contributed by atoms with Crippen LogP contribution in [-0.2, 0) is 11.2 Å². The Hall–Kier alpha value is -1.51. The number of hydrogen-bond donors (Lipinski definition) is 2. The fourth-order valence-corrected chi connectivity index (χ4v) is 1.62. The topological polar surface area (TPSA) is 49.3 Å². The number of carboxylic acid groups (broad SMARTS) is 1. The summed E-state index contributed by atoms with van der Waals surface area (Å²) >= 11 is 0. The van der Waals surface area contributed by atoms with Crippen LogP contribution in [0.3, 0.4) is 0 Å². The molecule has 2 N–H and O–H groups in total. The van der Waals surface area contributed by atoms with Gasteiger partial charge >= 0.3 is 5.97 Å². The van der Waals surface area contributed by atoms with Crippen LogP contribution in [0.2, 0.25) is 0 Å². The van der Waals surface area contributed by atoms with Crippen molar-refractivity contribution in [3.8, 4) is 0 Å². The van der Waals surface area contributed by atoms with Crippen molar-refractivity contribution in [2.75, 3.05) is 11.9 Å². The number of carbonyl (C=O) groups is 1. The zero-order valence-electron chi connectivity index (χ0n) is 10.1. The maximum Gasteiger partial charge on any atom is 0.308 e. The molecule has 0 aliphatic heterocycles. The summed E-state index contributed by atoms with van der Waals surface area (Å²) in [7, 11) is 0. The molecule has 1 atom stereocenters. The van der Waals surface area contributed by atoms with Crippen LogP contribution in [0.4, 0.5) is 5.69 Å². The van der Waals surface area contributed by atoms with E-state index in [9.17, 15) is 4.79 Å². The molecule has 0 aromatic heterocycles. The van der Waals surface area contributed by atoms with Gasteiger partial charge in [-0.2, -0.15) is 0 Å². The lowest BCUT2D eigenvalue weighted by molar-refractivity contribution is -0.140. The second kappa shape index (κ2) is 5.54. The van der Waals surface area contributed by atoms with E-state index in [1.165, 1.54) is 5.56 Å². The number of carboxylic acids is 1. The molecule has 0 spiro atoms. The van der Waals surface area contributed by atoms with E-state index in [1.54, 1.807) is 6.92 Å². The van der Waals surface area contributed by atoms with Crippen molar-refractivity contribution in [2.45, 2.75) is 27.2 Å². The van der Waals surface area contributed by atoms with Gasteiger partial charge in [0.2, 0.25) is 0 Å². The van der Waals surface area contributed by atoms with Gasteiger partial charge in [0.1, 0.15) is 0 Å². The predicted octanol–water partition coefficient (Wildman–Crippen LogP) is 2.69. The van der Waals surface area contributed by atoms with Crippen molar-refractivity contribution in [1.82, 2.24) is 0 Å². The normalized spacial score (nSPS) is 12.2. The van der Waals surface area contributed by atoms with Crippen molar-refractivity contribution in [3.63, 3.8) is 0 Å². The van der Waals surface area contributed by atoms with Gasteiger partial charge in [0.15, 0.2) is 0 Å². The number of aliphatic carboxylic acids is 1. The highest BCUT2D eigenvalue weighted by molar-refractivity contribution is 5.70. The second-order valence-electron chi connectivity index (χ2n) is 4.08. The minimum Gasteiger partial charge on any atom is -0.481 e. The molecule has 0 amide bonds. The fourth-order valence-electron chi connectivity index (χ4n) is 1.62. The van der Waals surface area contributed by atoms with Gasteiger partial charge in [0.05, 0.1) is 5.92 Å². The zero-order chi connectivity index (χ0) is 12.1. The number of rotatable bonds is 5. The van der Waals surface area contributed by atoms with Crippen LogP contribution in [0, 0.1) is 12.8 Å². The highest BCUT2D eigenvalue weighted by Crippen LogP contribution is 2.21. The quantitative estimate of drug-likeness (QED) is 0.803. The Morgan fingerprint density at radius 2 is 2.19 bits per heavy atom. The van der Waals surface area contributed by atoms with E-state index in [-0.39, 0.29) is 5.92 Å². The van der Waals surface area contributed by atoms with Gasteiger partial charge < -0.3 is 10.4 Å². The molecule has 1 aromatic carbocycles. The predicted molar refractivity (Wildman–Crippen MR) is 65.8 cm³/mol. The Bertz CT molecular complexity index is 374. The number of nitrogens with one attached hydrogen (secondary N) is 1. The molecule has 1 rings (SSSR count). The summed E-state index contributed by atoms with van der Waals surface area (Å²) in [4.78, 5) is 10.7. The Labute approximate surface area is 96.5 Å². The van der Waals surface area contributed by atoms with E-state index >= 15 is 0 Å². The Balaban J connectivity index is 2.76. The van der Waals surface area contributed by atoms with Gasteiger partial charge in [0, 0.05) is 12.2 Å². The van der Waals surface area contributed by atoms with Gasteiger partial charge in [0.25, 0.3) is 0 Å². The SMILES string of the molecule is CCc1cccc(C)c1NCC(C)C(=O)O. The molecule has 88 valence electrons. The van der Waals surface area contributed by atoms with Crippen molar-refractivity contribution in [2.24, 2.45) is 5.92 Å². The maximum absolute atomic E-state index is 10.7. The minimum atomic E-state index is -0.765. The summed E-state index contributed by atoms with van der Waals surface area (Å²) in [6, 6.07) is 6.13. The van der Waals surface area contributed by atoms with Gasteiger partial charge in [-0.05, 0) is 24.5 Å². The Morgan fingerprint density at radius 1 is 1.50 bits per heavy atom. The molecule has 3 heteroatoms. The van der Waals surface area contributed by atoms with Gasteiger partial charge in [-0.15, -0.1) is 0 Å². The van der Waals surface area contributed by atoms with E-state index in [2.05, 4.69) is 18.3 Å². The molecule has 0 radical (unpaired) electrons. The van der Waals surface area contributed by atoms with E-state index in [1.807, 2.05) is 19.1 Å². The third-order valence-corrected chi connectivity index (χ3v) is 2.75. The van der Waals surface area contributed by atoms with Crippen molar-refractivity contribution in [1.29, 1.82) is 0 Å². The number of hydrogen-bond acceptors (Lipinski definition) is 2. The van der Waals surface area contributed by atoms with Crippen molar-refractivity contribution >= 4 is 11.7 Å². The lowest BCUT2D eigenvalue weighted by Crippen LogP contribution is -2.20. The summed E-state index contributed by atoms with van der Waals surface area (Å²) in [6.45, 7) is 6.31. The summed E-state index contributed by atoms with van der Waals surface area (Å²) in [5.41, 5.74) is 3.48. The zero-order valence-corrected chi connectivity index (χ0v) is 10.1. The highest BCUT2D eigenvalue weighted by atomic mass is 16.4. The summed E-state index contributed by atoms with van der Waals surface area (Å²) in [5, 5.41) is 12.0. The molecule has 1 unspecified atom stereocenters. The van der Waals surface area contributed by atoms with Crippen molar-refractivity contribution < 1.29 is 9.90 Å². The standard InChI is InChI=1S/C13H19NO2/c1-4-11-7-5-6-9(2)12(11)14-8-10(3)13(15)16/h5-7,10,14H,4,8H2,1-3H3,(H,15,16). The third-order valence-electron chi connectivity index (χ3n) is 2.75. The van der Waals surface area contributed by atoms with E-state index < -0.39 is 5.97 Å². The Kier molecular flexibility index (Phi) is 4.35. The first-order valence-corrected chi connectivity index (χ1v) is 5.61. The molecule has 0 aliphatic rings. The van der Waals surface area contributed by atoms with Crippen molar-refractivity contribution in [3.05, 3.63) is 29.3 Å². The van der Waals surface area contributed by atoms with Crippen LogP contribution in [0.5, 0.6) is 0 Å². The molecule has 16 heavy (non-hydrogen) atoms. The largest absolute Gasteiger partial charge is 0.481 e. The number of benzene rings is 1. The molecule has 1 aromatic rings. The smallest absolute Gasteiger partial charge is 0.308 e. The van der Waals surface area contributed by atoms with E-state index in [4.69, 9.17) is 5.11 Å². The first-order chi connectivity index (χ1) is 7.56. The molecule has 0 saturated heterocycles. The summed E-state index contributed by atoms with van der Waals surface area (Å²) < 4.78 is 0. The Morgan fingerprint density at radius 3 is 2.75 bits per heavy atom. The van der Waals surface area contributed by atoms with Crippen LogP contribution >= 0.6 is 0 Å². The van der Waals surface area contributed by atoms with Gasteiger partial charge in [-0.1, -0.05) is 32.0 Å². The monoisotopic (exact) mass is 221 g/mol. The molecular weight excluding hydrogens is 202 g/mol. The maximum atomic E-state index is 10.7. The first-order valence-electron chi connectivity index (χ1n) is 5.61. The molecule has 0 bridgehead atoms. The molecule has 0 saturated carbocycles. The van der Waals surface area contributed by atoms with Crippen LogP contribution in [0.15, 0.2) is 18.2 Å². The fraction of sp³-hybridized carbons (Fsp3) is 0.462. The first kappa shape index (κ1) is 12.6. The molecular formula is C13H19NO2. The lowest BCUT2D eigenvalue weighted by atomic mass is 10.1. The minimum absolute atomic E-state index is 0.371. The summed E-state index contributed by atoms with van der Waals surface area (Å²) in [5.74, 6) is -1.14. The molecule has 0 heterocycles. The average molecular weight is 221 g/mol. The summed E-state index contributed by atoms with van der Waals surface area (Å²) in [6.07, 6.45) is 0.950. The molecule has 0 fully saturated rings. The van der Waals surface area contributed by atoms with Crippen LogP contribution in [0.1, 0.15) is 25.0 Å². The molecule has 0 aliphatic carbocycles. The van der Waals surface area contributed by atoms with E-state index in [0.717, 1.165) is 17.7 Å². The second-order valence-corrected chi connectivity index (χ2v) is 4.08. The van der Waals surface area contributed by atoms with Crippen LogP contribution in [-0.4, -0.2) is 17.6 Å². The molecule has 3 nitrogen and oxygen atoms in total. The van der Waals surface area contributed by atoms with E-state index in [0.29, 0.717) is 6.54 Å². The van der Waals surface area contributed by atoms with Crippen LogP contribution < -0.4 is 5.32 Å². The number of aryl methyl sites for hydroxylation is 2. The third kappa shape index (κ3) is 2.99. The van der Waals surface area contributed by atoms with Gasteiger partial charge in [-0.3, -0.25) is 4.79 Å². The lowest BCUT2D eigenvalue weighted by Gasteiger charge is -2.15. The average Bonchev–Trinajstić information content (AvgIpc) is 2.26. The number of para-hydroxylation sites is 1. The highest BCUT2D eigenvalue weighted by Gasteiger charge is 2.11.